The largest absolute Gasteiger partial charge is 0.484 e. The number of guanidine groups is 1. The van der Waals surface area contributed by atoms with Crippen LogP contribution in [0.5, 0.6) is 5.75 Å². The number of aryl methyl sites for hydroxylation is 1. The van der Waals surface area contributed by atoms with Crippen LogP contribution in [0.4, 0.5) is 0 Å². The summed E-state index contributed by atoms with van der Waals surface area (Å²) < 4.78 is 7.46. The number of aliphatic imine (C=N–C) groups is 1. The third-order valence-electron chi connectivity index (χ3n) is 4.66. The van der Waals surface area contributed by atoms with Crippen LogP contribution in [0.2, 0.25) is 0 Å². The summed E-state index contributed by atoms with van der Waals surface area (Å²) in [5.41, 5.74) is 1.20. The summed E-state index contributed by atoms with van der Waals surface area (Å²) >= 11 is 0. The minimum absolute atomic E-state index is 0. The third-order valence-corrected chi connectivity index (χ3v) is 4.66. The number of rotatable bonds is 12. The normalized spacial score (nSPS) is 13.3. The number of halogens is 1. The fourth-order valence-corrected chi connectivity index (χ4v) is 2.92. The lowest BCUT2D eigenvalue weighted by molar-refractivity contribution is -0.123. The molecule has 1 amide bonds. The highest BCUT2D eigenvalue weighted by molar-refractivity contribution is 14.0. The third kappa shape index (κ3) is 10.0. The molecule has 0 atom stereocenters. The Hall–Kier alpha value is -2.30. The molecule has 2 aromatic rings. The second kappa shape index (κ2) is 13.9. The van der Waals surface area contributed by atoms with Gasteiger partial charge in [0, 0.05) is 44.6 Å². The summed E-state index contributed by atoms with van der Waals surface area (Å²) in [4.78, 5) is 16.3. The predicted octanol–water partition coefficient (Wildman–Crippen LogP) is 2.35. The van der Waals surface area contributed by atoms with Crippen LogP contribution >= 0.6 is 24.0 Å². The van der Waals surface area contributed by atoms with Gasteiger partial charge in [-0.05, 0) is 56.4 Å². The molecule has 0 radical (unpaired) electrons. The fourth-order valence-electron chi connectivity index (χ4n) is 2.92. The van der Waals surface area contributed by atoms with Gasteiger partial charge >= 0.3 is 0 Å². The second-order valence-electron chi connectivity index (χ2n) is 7.33. The fraction of sp³-hybridized carbons (Fsp3) is 0.500. The predicted molar refractivity (Wildman–Crippen MR) is 133 cm³/mol. The van der Waals surface area contributed by atoms with Crippen LogP contribution < -0.4 is 20.7 Å². The van der Waals surface area contributed by atoms with E-state index in [4.69, 9.17) is 4.74 Å². The highest BCUT2D eigenvalue weighted by Gasteiger charge is 2.23. The molecular weight excluding hydrogens is 507 g/mol. The second-order valence-corrected chi connectivity index (χ2v) is 7.33. The average molecular weight is 540 g/mol. The van der Waals surface area contributed by atoms with Gasteiger partial charge in [0.1, 0.15) is 5.75 Å². The molecule has 3 rings (SSSR count). The Balaban J connectivity index is 0.00000341. The first kappa shape index (κ1) is 25.0. The molecular formula is C22H33IN6O2. The number of carbonyl (C=O) groups excluding carboxylic acids is 1. The zero-order valence-corrected chi connectivity index (χ0v) is 20.4. The number of aromatic nitrogens is 2. The first-order valence-electron chi connectivity index (χ1n) is 10.7. The maximum Gasteiger partial charge on any atom is 0.258 e. The maximum absolute atomic E-state index is 11.7. The lowest BCUT2D eigenvalue weighted by Crippen LogP contribution is -2.38. The molecule has 31 heavy (non-hydrogen) atoms. The van der Waals surface area contributed by atoms with E-state index in [0.717, 1.165) is 57.8 Å². The lowest BCUT2D eigenvalue weighted by atomic mass is 10.1. The molecule has 170 valence electrons. The molecule has 1 fully saturated rings. The van der Waals surface area contributed by atoms with Crippen molar-refractivity contribution in [3.63, 3.8) is 0 Å². The summed E-state index contributed by atoms with van der Waals surface area (Å²) in [6.07, 6.45) is 7.74. The minimum Gasteiger partial charge on any atom is -0.484 e. The molecule has 0 spiro atoms. The van der Waals surface area contributed by atoms with Crippen LogP contribution in [0.3, 0.4) is 0 Å². The van der Waals surface area contributed by atoms with E-state index in [9.17, 15) is 4.79 Å². The first-order chi connectivity index (χ1) is 14.7. The van der Waals surface area contributed by atoms with E-state index in [1.54, 1.807) is 6.20 Å². The van der Waals surface area contributed by atoms with E-state index < -0.39 is 0 Å². The molecule has 0 bridgehead atoms. The molecule has 1 aliphatic rings. The average Bonchev–Trinajstić information content (AvgIpc) is 3.41. The summed E-state index contributed by atoms with van der Waals surface area (Å²) in [5, 5.41) is 13.8. The zero-order chi connectivity index (χ0) is 21.0. The Morgan fingerprint density at radius 2 is 2.06 bits per heavy atom. The van der Waals surface area contributed by atoms with E-state index in [0.29, 0.717) is 11.8 Å². The molecule has 0 saturated heterocycles. The monoisotopic (exact) mass is 540 g/mol. The van der Waals surface area contributed by atoms with Crippen molar-refractivity contribution in [3.05, 3.63) is 48.3 Å². The first-order valence-corrected chi connectivity index (χ1v) is 10.7. The Labute approximate surface area is 201 Å². The standard InChI is InChI=1S/C22H32N6O2.HI/c1-2-23-22(24-12-3-15-28-16-4-13-26-28)25-14-11-18-5-9-20(10-6-18)30-17-21(29)27-19-7-8-19;/h4-6,9-10,13,16,19H,2-3,7-8,11-12,14-15,17H2,1H3,(H,27,29)(H2,23,24,25);1H. The minimum atomic E-state index is -0.0503. The van der Waals surface area contributed by atoms with Crippen molar-refractivity contribution in [2.24, 2.45) is 4.99 Å². The van der Waals surface area contributed by atoms with Crippen molar-refractivity contribution in [3.8, 4) is 5.75 Å². The molecule has 0 unspecified atom stereocenters. The number of amides is 1. The van der Waals surface area contributed by atoms with E-state index >= 15 is 0 Å². The van der Waals surface area contributed by atoms with Crippen molar-refractivity contribution >= 4 is 35.8 Å². The SMILES string of the molecule is CCNC(=NCCCn1cccn1)NCCc1ccc(OCC(=O)NC2CC2)cc1.I. The van der Waals surface area contributed by atoms with E-state index in [1.807, 2.05) is 41.2 Å². The van der Waals surface area contributed by atoms with E-state index in [-0.39, 0.29) is 36.5 Å². The van der Waals surface area contributed by atoms with Gasteiger partial charge in [-0.2, -0.15) is 5.10 Å². The van der Waals surface area contributed by atoms with Gasteiger partial charge in [-0.1, -0.05) is 12.1 Å². The maximum atomic E-state index is 11.7. The van der Waals surface area contributed by atoms with Gasteiger partial charge in [0.05, 0.1) is 0 Å². The summed E-state index contributed by atoms with van der Waals surface area (Å²) in [7, 11) is 0. The molecule has 1 saturated carbocycles. The highest BCUT2D eigenvalue weighted by atomic mass is 127. The molecule has 3 N–H and O–H groups in total. The zero-order valence-electron chi connectivity index (χ0n) is 18.0. The molecule has 1 aromatic carbocycles. The topological polar surface area (TPSA) is 92.6 Å². The van der Waals surface area contributed by atoms with Gasteiger partial charge in [0.15, 0.2) is 12.6 Å². The van der Waals surface area contributed by atoms with Crippen molar-refractivity contribution in [1.82, 2.24) is 25.7 Å². The smallest absolute Gasteiger partial charge is 0.258 e. The van der Waals surface area contributed by atoms with Crippen LogP contribution in [-0.2, 0) is 17.8 Å². The van der Waals surface area contributed by atoms with Crippen molar-refractivity contribution < 1.29 is 9.53 Å². The van der Waals surface area contributed by atoms with Crippen LogP contribution in [0.15, 0.2) is 47.7 Å². The van der Waals surface area contributed by atoms with Gasteiger partial charge in [-0.25, -0.2) is 0 Å². The highest BCUT2D eigenvalue weighted by Crippen LogP contribution is 2.18. The number of hydrogen-bond acceptors (Lipinski definition) is 4. The van der Waals surface area contributed by atoms with Gasteiger partial charge < -0.3 is 20.7 Å². The van der Waals surface area contributed by atoms with Gasteiger partial charge in [-0.15, -0.1) is 24.0 Å². The number of nitrogens with one attached hydrogen (secondary N) is 3. The van der Waals surface area contributed by atoms with Crippen molar-refractivity contribution in [2.75, 3.05) is 26.2 Å². The van der Waals surface area contributed by atoms with E-state index in [1.165, 1.54) is 5.56 Å². The van der Waals surface area contributed by atoms with E-state index in [2.05, 4.69) is 33.0 Å². The van der Waals surface area contributed by atoms with Crippen LogP contribution in [0.25, 0.3) is 0 Å². The number of carbonyl (C=O) groups is 1. The molecule has 1 aromatic heterocycles. The Bertz CT molecular complexity index is 791. The van der Waals surface area contributed by atoms with Crippen LogP contribution in [-0.4, -0.2) is 53.9 Å². The summed E-state index contributed by atoms with van der Waals surface area (Å²) in [6, 6.07) is 10.2. The summed E-state index contributed by atoms with van der Waals surface area (Å²) in [5.74, 6) is 1.50. The molecule has 0 aliphatic heterocycles. The van der Waals surface area contributed by atoms with Crippen LogP contribution in [0.1, 0.15) is 31.7 Å². The van der Waals surface area contributed by atoms with Gasteiger partial charge in [0.25, 0.3) is 5.91 Å². The Kier molecular flexibility index (Phi) is 11.2. The van der Waals surface area contributed by atoms with Crippen LogP contribution in [0, 0.1) is 0 Å². The number of nitrogens with zero attached hydrogens (tertiary/aromatic N) is 3. The number of benzene rings is 1. The Morgan fingerprint density at radius 3 is 2.74 bits per heavy atom. The number of ether oxygens (including phenoxy) is 1. The summed E-state index contributed by atoms with van der Waals surface area (Å²) in [6.45, 7) is 5.35. The quantitative estimate of drug-likeness (QED) is 0.166. The lowest BCUT2D eigenvalue weighted by Gasteiger charge is -2.12. The molecule has 9 heteroatoms. The molecule has 1 heterocycles. The molecule has 8 nitrogen and oxygen atoms in total. The van der Waals surface area contributed by atoms with Gasteiger partial charge in [-0.3, -0.25) is 14.5 Å². The van der Waals surface area contributed by atoms with Crippen molar-refractivity contribution in [2.45, 2.75) is 45.2 Å². The molecule has 1 aliphatic carbocycles. The Morgan fingerprint density at radius 1 is 1.26 bits per heavy atom. The van der Waals surface area contributed by atoms with Gasteiger partial charge in [0.2, 0.25) is 0 Å². The number of hydrogen-bond donors (Lipinski definition) is 3. The van der Waals surface area contributed by atoms with Crippen molar-refractivity contribution in [1.29, 1.82) is 0 Å².